The van der Waals surface area contributed by atoms with Crippen molar-refractivity contribution in [3.63, 3.8) is 0 Å². The summed E-state index contributed by atoms with van der Waals surface area (Å²) in [6.07, 6.45) is 4.97. The molecule has 1 aromatic heterocycles. The van der Waals surface area contributed by atoms with E-state index >= 15 is 0 Å². The van der Waals surface area contributed by atoms with Crippen molar-refractivity contribution in [1.29, 1.82) is 0 Å². The molecule has 1 aromatic carbocycles. The van der Waals surface area contributed by atoms with E-state index in [0.717, 1.165) is 6.42 Å². The van der Waals surface area contributed by atoms with Crippen molar-refractivity contribution in [2.24, 2.45) is 0 Å². The first-order valence-electron chi connectivity index (χ1n) is 8.03. The molecule has 1 aliphatic rings. The highest BCUT2D eigenvalue weighted by molar-refractivity contribution is 7.92. The second-order valence-corrected chi connectivity index (χ2v) is 8.20. The van der Waals surface area contributed by atoms with Gasteiger partial charge in [0.1, 0.15) is 0 Å². The van der Waals surface area contributed by atoms with Gasteiger partial charge in [-0.2, -0.15) is 5.10 Å². The Morgan fingerprint density at radius 3 is 2.84 bits per heavy atom. The molecule has 0 saturated carbocycles. The van der Waals surface area contributed by atoms with Crippen LogP contribution in [0.2, 0.25) is 5.02 Å². The summed E-state index contributed by atoms with van der Waals surface area (Å²) in [5, 5.41) is 7.07. The topological polar surface area (TPSA) is 84.3 Å². The summed E-state index contributed by atoms with van der Waals surface area (Å²) >= 11 is 6.22. The fraction of sp³-hybridized carbons (Fsp3) is 0.375. The quantitative estimate of drug-likeness (QED) is 0.855. The largest absolute Gasteiger partial charge is 0.350 e. The van der Waals surface area contributed by atoms with Crippen LogP contribution in [0.15, 0.2) is 36.7 Å². The van der Waals surface area contributed by atoms with E-state index in [-0.39, 0.29) is 16.7 Å². The maximum Gasteiger partial charge on any atom is 0.252 e. The minimum Gasteiger partial charge on any atom is -0.350 e. The van der Waals surface area contributed by atoms with Gasteiger partial charge in [-0.25, -0.2) is 8.42 Å². The second kappa shape index (κ2) is 7.45. The fourth-order valence-corrected chi connectivity index (χ4v) is 4.63. The van der Waals surface area contributed by atoms with Crippen LogP contribution in [-0.4, -0.2) is 42.9 Å². The molecule has 7 nitrogen and oxygen atoms in total. The average molecular weight is 383 g/mol. The molecule has 1 aliphatic heterocycles. The molecule has 0 unspecified atom stereocenters. The van der Waals surface area contributed by atoms with E-state index < -0.39 is 10.0 Å². The number of rotatable bonds is 5. The summed E-state index contributed by atoms with van der Waals surface area (Å²) in [4.78, 5) is 12.3. The molecule has 2 aromatic rings. The Balaban J connectivity index is 1.67. The summed E-state index contributed by atoms with van der Waals surface area (Å²) in [6.45, 7) is 1.41. The number of hydrogen-bond acceptors (Lipinski definition) is 4. The molecule has 2 heterocycles. The molecule has 1 fully saturated rings. The first-order valence-corrected chi connectivity index (χ1v) is 10.0. The van der Waals surface area contributed by atoms with Crippen molar-refractivity contribution in [3.05, 3.63) is 47.2 Å². The average Bonchev–Trinajstić information content (AvgIpc) is 3.07. The van der Waals surface area contributed by atoms with Gasteiger partial charge >= 0.3 is 0 Å². The van der Waals surface area contributed by atoms with E-state index in [9.17, 15) is 13.2 Å². The third-order valence-electron chi connectivity index (χ3n) is 4.02. The van der Waals surface area contributed by atoms with Crippen LogP contribution in [0.25, 0.3) is 0 Å². The van der Waals surface area contributed by atoms with Crippen molar-refractivity contribution in [3.8, 4) is 0 Å². The van der Waals surface area contributed by atoms with Gasteiger partial charge in [0.15, 0.2) is 0 Å². The molecule has 9 heteroatoms. The van der Waals surface area contributed by atoms with E-state index in [2.05, 4.69) is 10.4 Å². The maximum atomic E-state index is 12.3. The minimum atomic E-state index is -3.30. The van der Waals surface area contributed by atoms with Crippen molar-refractivity contribution >= 4 is 33.2 Å². The van der Waals surface area contributed by atoms with Crippen LogP contribution in [0.4, 0.5) is 5.69 Å². The summed E-state index contributed by atoms with van der Waals surface area (Å²) in [5.41, 5.74) is 0.818. The molecule has 25 heavy (non-hydrogen) atoms. The third-order valence-corrected chi connectivity index (χ3v) is 6.20. The number of amides is 1. The number of hydrogen-bond donors (Lipinski definition) is 1. The van der Waals surface area contributed by atoms with Crippen molar-refractivity contribution < 1.29 is 13.2 Å². The van der Waals surface area contributed by atoms with Crippen molar-refractivity contribution in [2.75, 3.05) is 23.1 Å². The Hall–Kier alpha value is -2.06. The second-order valence-electron chi connectivity index (χ2n) is 5.78. The number of anilines is 1. The van der Waals surface area contributed by atoms with Gasteiger partial charge in [-0.05, 0) is 37.1 Å². The van der Waals surface area contributed by atoms with Crippen LogP contribution < -0.4 is 9.62 Å². The molecule has 3 rings (SSSR count). The van der Waals surface area contributed by atoms with E-state index in [1.165, 1.54) is 10.4 Å². The highest BCUT2D eigenvalue weighted by Gasteiger charge is 2.26. The third kappa shape index (κ3) is 4.13. The van der Waals surface area contributed by atoms with Crippen molar-refractivity contribution in [1.82, 2.24) is 15.1 Å². The number of carbonyl (C=O) groups excluding carboxylic acids is 1. The molecule has 1 amide bonds. The number of nitrogens with zero attached hydrogens (tertiary/aromatic N) is 3. The van der Waals surface area contributed by atoms with Crippen LogP contribution in [-0.2, 0) is 16.6 Å². The van der Waals surface area contributed by atoms with Crippen LogP contribution in [0.1, 0.15) is 23.2 Å². The van der Waals surface area contributed by atoms with E-state index in [0.29, 0.717) is 37.3 Å². The number of aromatic nitrogens is 2. The Morgan fingerprint density at radius 1 is 1.32 bits per heavy atom. The molecule has 0 spiro atoms. The van der Waals surface area contributed by atoms with Crippen LogP contribution in [0, 0.1) is 0 Å². The van der Waals surface area contributed by atoms with E-state index in [1.807, 2.05) is 12.3 Å². The zero-order valence-corrected chi connectivity index (χ0v) is 15.1. The number of sulfonamides is 1. The van der Waals surface area contributed by atoms with Gasteiger partial charge < -0.3 is 5.32 Å². The summed E-state index contributed by atoms with van der Waals surface area (Å²) < 4.78 is 27.4. The van der Waals surface area contributed by atoms with E-state index in [4.69, 9.17) is 11.6 Å². The lowest BCUT2D eigenvalue weighted by atomic mass is 10.2. The summed E-state index contributed by atoms with van der Waals surface area (Å²) in [6, 6.07) is 6.53. The van der Waals surface area contributed by atoms with Crippen LogP contribution in [0.5, 0.6) is 0 Å². The number of nitrogens with one attached hydrogen (secondary N) is 1. The van der Waals surface area contributed by atoms with Gasteiger partial charge in [-0.1, -0.05) is 11.6 Å². The monoisotopic (exact) mass is 382 g/mol. The summed E-state index contributed by atoms with van der Waals surface area (Å²) in [7, 11) is -3.30. The zero-order chi connectivity index (χ0) is 17.9. The number of carbonyl (C=O) groups is 1. The molecule has 1 saturated heterocycles. The van der Waals surface area contributed by atoms with Crippen molar-refractivity contribution in [2.45, 2.75) is 19.4 Å². The lowest BCUT2D eigenvalue weighted by Crippen LogP contribution is -2.37. The first kappa shape index (κ1) is 17.8. The van der Waals surface area contributed by atoms with E-state index in [1.54, 1.807) is 23.0 Å². The smallest absolute Gasteiger partial charge is 0.252 e. The molecule has 1 N–H and O–H groups in total. The fourth-order valence-electron chi connectivity index (χ4n) is 2.73. The van der Waals surface area contributed by atoms with Gasteiger partial charge in [-0.15, -0.1) is 0 Å². The lowest BCUT2D eigenvalue weighted by molar-refractivity contribution is 0.0952. The standard InChI is InChI=1S/C16H19ClN4O3S/c17-15-12-13(21-9-1-2-11-25(21,23)24)4-5-14(15)16(22)18-7-10-20-8-3-6-19-20/h3-6,8,12H,1-2,7,9-11H2,(H,18,22). The predicted octanol–water partition coefficient (Wildman–Crippen LogP) is 1.90. The van der Waals surface area contributed by atoms with Gasteiger partial charge in [0.25, 0.3) is 5.91 Å². The van der Waals surface area contributed by atoms with Gasteiger partial charge in [0, 0.05) is 25.5 Å². The Kier molecular flexibility index (Phi) is 5.29. The Morgan fingerprint density at radius 2 is 2.16 bits per heavy atom. The molecular formula is C16H19ClN4O3S. The predicted molar refractivity (Wildman–Crippen MR) is 96.4 cm³/mol. The Bertz CT molecular complexity index is 852. The van der Waals surface area contributed by atoms with Gasteiger partial charge in [-0.3, -0.25) is 13.8 Å². The first-order chi connectivity index (χ1) is 12.0. The maximum absolute atomic E-state index is 12.3. The minimum absolute atomic E-state index is 0.139. The van der Waals surface area contributed by atoms with Gasteiger partial charge in [0.2, 0.25) is 10.0 Å². The highest BCUT2D eigenvalue weighted by atomic mass is 35.5. The molecular weight excluding hydrogens is 364 g/mol. The lowest BCUT2D eigenvalue weighted by Gasteiger charge is -2.28. The number of benzene rings is 1. The highest BCUT2D eigenvalue weighted by Crippen LogP contribution is 2.28. The molecule has 0 atom stereocenters. The Labute approximate surface area is 151 Å². The molecule has 0 radical (unpaired) electrons. The van der Waals surface area contributed by atoms with Gasteiger partial charge in [0.05, 0.1) is 28.6 Å². The number of halogens is 1. The van der Waals surface area contributed by atoms with Crippen LogP contribution in [0.3, 0.4) is 0 Å². The summed E-state index contributed by atoms with van der Waals surface area (Å²) in [5.74, 6) is -0.162. The SMILES string of the molecule is O=C(NCCn1cccn1)c1ccc(N2CCCCS2(=O)=O)cc1Cl. The van der Waals surface area contributed by atoms with Crippen LogP contribution >= 0.6 is 11.6 Å². The molecule has 134 valence electrons. The molecule has 0 bridgehead atoms. The molecule has 0 aliphatic carbocycles. The zero-order valence-electron chi connectivity index (χ0n) is 13.6. The normalized spacial score (nSPS) is 16.6.